The molecule has 2 heterocycles. The first-order valence-corrected chi connectivity index (χ1v) is 7.36. The lowest BCUT2D eigenvalue weighted by atomic mass is 9.93. The van der Waals surface area contributed by atoms with Gasteiger partial charge in [0.25, 0.3) is 0 Å². The maximum Gasteiger partial charge on any atom is 0.231 e. The van der Waals surface area contributed by atoms with Crippen molar-refractivity contribution in [3.05, 3.63) is 11.7 Å². The van der Waals surface area contributed by atoms with E-state index in [0.717, 1.165) is 12.8 Å². The Hall–Kier alpha value is -0.980. The average molecular weight is 283 g/mol. The summed E-state index contributed by atoms with van der Waals surface area (Å²) in [5.74, 6) is 1.49. The third-order valence-electron chi connectivity index (χ3n) is 4.17. The SMILES string of the molecule is CCOC1(c2noc(C(C)C(C)NC)n2)CCOCC1. The van der Waals surface area contributed by atoms with E-state index in [-0.39, 0.29) is 12.0 Å². The van der Waals surface area contributed by atoms with Gasteiger partial charge in [-0.05, 0) is 20.9 Å². The summed E-state index contributed by atoms with van der Waals surface area (Å²) in [5, 5.41) is 7.38. The molecule has 0 amide bonds. The Balaban J connectivity index is 2.20. The number of hydrogen-bond donors (Lipinski definition) is 1. The highest BCUT2D eigenvalue weighted by molar-refractivity contribution is 5.06. The second-order valence-corrected chi connectivity index (χ2v) is 5.36. The van der Waals surface area contributed by atoms with E-state index in [9.17, 15) is 0 Å². The van der Waals surface area contributed by atoms with E-state index in [1.54, 1.807) is 0 Å². The standard InChI is InChI=1S/C14H25N3O3/c1-5-19-14(6-8-18-9-7-14)13-16-12(20-17-13)10(2)11(3)15-4/h10-11,15H,5-9H2,1-4H3. The number of nitrogens with zero attached hydrogens (tertiary/aromatic N) is 2. The van der Waals surface area contributed by atoms with Crippen LogP contribution in [0.15, 0.2) is 4.52 Å². The predicted molar refractivity (Wildman–Crippen MR) is 74.6 cm³/mol. The van der Waals surface area contributed by atoms with Crippen LogP contribution >= 0.6 is 0 Å². The van der Waals surface area contributed by atoms with Gasteiger partial charge in [0.1, 0.15) is 5.60 Å². The molecule has 6 heteroatoms. The topological polar surface area (TPSA) is 69.4 Å². The molecule has 1 aliphatic rings. The van der Waals surface area contributed by atoms with E-state index in [0.29, 0.717) is 31.5 Å². The highest BCUT2D eigenvalue weighted by Gasteiger charge is 2.40. The van der Waals surface area contributed by atoms with Crippen molar-refractivity contribution in [3.63, 3.8) is 0 Å². The van der Waals surface area contributed by atoms with Crippen molar-refractivity contribution in [2.75, 3.05) is 26.9 Å². The van der Waals surface area contributed by atoms with Crippen molar-refractivity contribution >= 4 is 0 Å². The van der Waals surface area contributed by atoms with Gasteiger partial charge < -0.3 is 19.3 Å². The zero-order valence-electron chi connectivity index (χ0n) is 12.8. The van der Waals surface area contributed by atoms with Gasteiger partial charge in [-0.25, -0.2) is 0 Å². The Kier molecular flexibility index (Phi) is 5.12. The first-order chi connectivity index (χ1) is 9.63. The second kappa shape index (κ2) is 6.65. The monoisotopic (exact) mass is 283 g/mol. The van der Waals surface area contributed by atoms with Crippen LogP contribution in [0.1, 0.15) is 51.2 Å². The van der Waals surface area contributed by atoms with E-state index in [2.05, 4.69) is 29.3 Å². The van der Waals surface area contributed by atoms with Gasteiger partial charge in [-0.3, -0.25) is 0 Å². The van der Waals surface area contributed by atoms with Gasteiger partial charge in [-0.1, -0.05) is 12.1 Å². The number of ether oxygens (including phenoxy) is 2. The van der Waals surface area contributed by atoms with Crippen molar-refractivity contribution in [1.29, 1.82) is 0 Å². The Morgan fingerprint density at radius 2 is 2.05 bits per heavy atom. The molecule has 1 aromatic heterocycles. The van der Waals surface area contributed by atoms with Gasteiger partial charge in [0.05, 0.1) is 5.92 Å². The fourth-order valence-electron chi connectivity index (χ4n) is 2.48. The number of rotatable bonds is 6. The Morgan fingerprint density at radius 3 is 2.65 bits per heavy atom. The van der Waals surface area contributed by atoms with Crippen molar-refractivity contribution in [2.24, 2.45) is 0 Å². The fraction of sp³-hybridized carbons (Fsp3) is 0.857. The van der Waals surface area contributed by atoms with E-state index in [4.69, 9.17) is 14.0 Å². The smallest absolute Gasteiger partial charge is 0.231 e. The maximum atomic E-state index is 5.96. The zero-order chi connectivity index (χ0) is 14.6. The van der Waals surface area contributed by atoms with E-state index < -0.39 is 5.60 Å². The molecule has 1 aromatic rings. The largest absolute Gasteiger partial charge is 0.381 e. The lowest BCUT2D eigenvalue weighted by molar-refractivity contribution is -0.118. The molecule has 6 nitrogen and oxygen atoms in total. The zero-order valence-corrected chi connectivity index (χ0v) is 12.8. The van der Waals surface area contributed by atoms with E-state index in [1.807, 2.05) is 14.0 Å². The van der Waals surface area contributed by atoms with Crippen LogP contribution in [0.5, 0.6) is 0 Å². The van der Waals surface area contributed by atoms with Crippen LogP contribution in [-0.2, 0) is 15.1 Å². The number of hydrogen-bond acceptors (Lipinski definition) is 6. The molecule has 1 fully saturated rings. The molecular formula is C14H25N3O3. The molecule has 0 spiro atoms. The number of nitrogens with one attached hydrogen (secondary N) is 1. The average Bonchev–Trinajstić information content (AvgIpc) is 2.97. The molecule has 2 unspecified atom stereocenters. The van der Waals surface area contributed by atoms with Crippen molar-refractivity contribution in [1.82, 2.24) is 15.5 Å². The minimum Gasteiger partial charge on any atom is -0.381 e. The summed E-state index contributed by atoms with van der Waals surface area (Å²) in [6.07, 6.45) is 1.55. The van der Waals surface area contributed by atoms with Gasteiger partial charge in [0, 0.05) is 38.7 Å². The fourth-order valence-corrected chi connectivity index (χ4v) is 2.48. The molecule has 114 valence electrons. The lowest BCUT2D eigenvalue weighted by Gasteiger charge is -2.33. The van der Waals surface area contributed by atoms with Gasteiger partial charge >= 0.3 is 0 Å². The van der Waals surface area contributed by atoms with Crippen LogP contribution in [0.3, 0.4) is 0 Å². The first-order valence-electron chi connectivity index (χ1n) is 7.36. The summed E-state index contributed by atoms with van der Waals surface area (Å²) < 4.78 is 16.8. The molecule has 0 bridgehead atoms. The van der Waals surface area contributed by atoms with Crippen molar-refractivity contribution in [2.45, 2.75) is 51.2 Å². The summed E-state index contributed by atoms with van der Waals surface area (Å²) >= 11 is 0. The molecular weight excluding hydrogens is 258 g/mol. The molecule has 1 aliphatic heterocycles. The predicted octanol–water partition coefficient (Wildman–Crippen LogP) is 1.82. The van der Waals surface area contributed by atoms with Gasteiger partial charge in [0.15, 0.2) is 0 Å². The Bertz CT molecular complexity index is 410. The quantitative estimate of drug-likeness (QED) is 0.859. The third-order valence-corrected chi connectivity index (χ3v) is 4.17. The molecule has 2 rings (SSSR count). The molecule has 0 aromatic carbocycles. The van der Waals surface area contributed by atoms with E-state index in [1.165, 1.54) is 0 Å². The van der Waals surface area contributed by atoms with Gasteiger partial charge in [-0.2, -0.15) is 4.98 Å². The minimum absolute atomic E-state index is 0.166. The third kappa shape index (κ3) is 3.02. The van der Waals surface area contributed by atoms with Crippen molar-refractivity contribution < 1.29 is 14.0 Å². The van der Waals surface area contributed by atoms with E-state index >= 15 is 0 Å². The van der Waals surface area contributed by atoms with Gasteiger partial charge in [-0.15, -0.1) is 0 Å². The minimum atomic E-state index is -0.447. The van der Waals surface area contributed by atoms with Crippen LogP contribution in [0.2, 0.25) is 0 Å². The first kappa shape index (κ1) is 15.4. The highest BCUT2D eigenvalue weighted by Crippen LogP contribution is 2.35. The van der Waals surface area contributed by atoms with Crippen LogP contribution in [0.25, 0.3) is 0 Å². The van der Waals surface area contributed by atoms with Gasteiger partial charge in [0.2, 0.25) is 11.7 Å². The Labute approximate surface area is 120 Å². The summed E-state index contributed by atoms with van der Waals surface area (Å²) in [6, 6.07) is 0.279. The highest BCUT2D eigenvalue weighted by atomic mass is 16.5. The van der Waals surface area contributed by atoms with Crippen LogP contribution in [0.4, 0.5) is 0 Å². The lowest BCUT2D eigenvalue weighted by Crippen LogP contribution is -2.37. The normalized spacial score (nSPS) is 21.6. The van der Waals surface area contributed by atoms with Crippen LogP contribution in [-0.4, -0.2) is 43.1 Å². The molecule has 1 saturated heterocycles. The molecule has 1 N–H and O–H groups in total. The molecule has 0 radical (unpaired) electrons. The van der Waals surface area contributed by atoms with Crippen molar-refractivity contribution in [3.8, 4) is 0 Å². The molecule has 0 saturated carbocycles. The number of likely N-dealkylation sites (N-methyl/N-ethyl adjacent to an activating group) is 1. The van der Waals surface area contributed by atoms with Crippen LogP contribution in [0, 0.1) is 0 Å². The maximum absolute atomic E-state index is 5.96. The second-order valence-electron chi connectivity index (χ2n) is 5.36. The molecule has 2 atom stereocenters. The molecule has 20 heavy (non-hydrogen) atoms. The number of aromatic nitrogens is 2. The molecule has 0 aliphatic carbocycles. The summed E-state index contributed by atoms with van der Waals surface area (Å²) in [4.78, 5) is 4.60. The Morgan fingerprint density at radius 1 is 1.35 bits per heavy atom. The summed E-state index contributed by atoms with van der Waals surface area (Å²) in [6.45, 7) is 8.14. The summed E-state index contributed by atoms with van der Waals surface area (Å²) in [7, 11) is 1.93. The summed E-state index contributed by atoms with van der Waals surface area (Å²) in [5.41, 5.74) is -0.447. The van der Waals surface area contributed by atoms with Crippen LogP contribution < -0.4 is 5.32 Å².